The number of thioether (sulfide) groups is 1. The van der Waals surface area contributed by atoms with Gasteiger partial charge < -0.3 is 5.32 Å². The number of carbonyl (C=O) groups excluding carboxylic acids is 1. The van der Waals surface area contributed by atoms with Crippen LogP contribution in [0, 0.1) is 13.8 Å². The molecule has 1 heterocycles. The zero-order chi connectivity index (χ0) is 14.0. The first-order valence-electron chi connectivity index (χ1n) is 6.25. The van der Waals surface area contributed by atoms with Crippen molar-refractivity contribution in [1.29, 1.82) is 0 Å². The second-order valence-electron chi connectivity index (χ2n) is 4.75. The van der Waals surface area contributed by atoms with Crippen LogP contribution in [0.25, 0.3) is 0 Å². The van der Waals surface area contributed by atoms with Crippen molar-refractivity contribution in [3.05, 3.63) is 29.3 Å². The first-order chi connectivity index (χ1) is 9.04. The van der Waals surface area contributed by atoms with Crippen LogP contribution in [0.2, 0.25) is 0 Å². The summed E-state index contributed by atoms with van der Waals surface area (Å²) in [4.78, 5) is 14.1. The molecule has 0 radical (unpaired) electrons. The average molecular weight is 294 g/mol. The van der Waals surface area contributed by atoms with Crippen molar-refractivity contribution in [3.63, 3.8) is 0 Å². The summed E-state index contributed by atoms with van der Waals surface area (Å²) in [6.45, 7) is 4.02. The Hall–Kier alpha value is -1.07. The molecule has 102 valence electrons. The fourth-order valence-electron chi connectivity index (χ4n) is 2.15. The summed E-state index contributed by atoms with van der Waals surface area (Å²) in [5, 5.41) is 3.65. The lowest BCUT2D eigenvalue weighted by atomic mass is 10.1. The third kappa shape index (κ3) is 2.92. The highest BCUT2D eigenvalue weighted by Gasteiger charge is 2.36. The van der Waals surface area contributed by atoms with E-state index in [1.165, 1.54) is 0 Å². The molecule has 1 atom stereocenters. The Kier molecular flexibility index (Phi) is 4.47. The molecule has 0 unspecified atom stereocenters. The van der Waals surface area contributed by atoms with Gasteiger partial charge in [0.15, 0.2) is 5.11 Å². The number of carbonyl (C=O) groups is 1. The lowest BCUT2D eigenvalue weighted by molar-refractivity contribution is -0.118. The van der Waals surface area contributed by atoms with Gasteiger partial charge in [0.2, 0.25) is 0 Å². The minimum Gasteiger partial charge on any atom is -0.350 e. The van der Waals surface area contributed by atoms with E-state index >= 15 is 0 Å². The largest absolute Gasteiger partial charge is 0.350 e. The maximum Gasteiger partial charge on any atom is 0.255 e. The Labute approximate surface area is 123 Å². The van der Waals surface area contributed by atoms with E-state index in [-0.39, 0.29) is 11.9 Å². The third-order valence-electron chi connectivity index (χ3n) is 3.24. The van der Waals surface area contributed by atoms with E-state index in [0.717, 1.165) is 29.0 Å². The topological polar surface area (TPSA) is 32.3 Å². The van der Waals surface area contributed by atoms with E-state index in [4.69, 9.17) is 12.2 Å². The Morgan fingerprint density at radius 2 is 2.16 bits per heavy atom. The fourth-order valence-corrected chi connectivity index (χ4v) is 2.95. The molecule has 0 aliphatic carbocycles. The Morgan fingerprint density at radius 1 is 1.42 bits per heavy atom. The molecule has 1 N–H and O–H groups in total. The number of hydrogen-bond acceptors (Lipinski definition) is 3. The van der Waals surface area contributed by atoms with Crippen molar-refractivity contribution in [3.8, 4) is 0 Å². The number of nitrogens with zero attached hydrogens (tertiary/aromatic N) is 1. The molecule has 0 aromatic heterocycles. The molecule has 1 amide bonds. The molecule has 1 aromatic rings. The van der Waals surface area contributed by atoms with Gasteiger partial charge in [0, 0.05) is 0 Å². The van der Waals surface area contributed by atoms with Crippen molar-refractivity contribution in [2.45, 2.75) is 26.3 Å². The molecule has 1 aromatic carbocycles. The number of hydrogen-bond donors (Lipinski definition) is 1. The van der Waals surface area contributed by atoms with Gasteiger partial charge in [0.1, 0.15) is 6.04 Å². The summed E-state index contributed by atoms with van der Waals surface area (Å²) in [6, 6.07) is 5.90. The number of rotatable bonds is 4. The maximum absolute atomic E-state index is 12.5. The molecule has 1 saturated heterocycles. The summed E-state index contributed by atoms with van der Waals surface area (Å²) >= 11 is 7.06. The first kappa shape index (κ1) is 14.3. The lowest BCUT2D eigenvalue weighted by Gasteiger charge is -2.18. The van der Waals surface area contributed by atoms with Crippen molar-refractivity contribution in [2.24, 2.45) is 0 Å². The molecular formula is C14H18N2OS2. The molecule has 5 heteroatoms. The van der Waals surface area contributed by atoms with Crippen LogP contribution in [0.5, 0.6) is 0 Å². The smallest absolute Gasteiger partial charge is 0.255 e. The number of anilines is 1. The monoisotopic (exact) mass is 294 g/mol. The Bertz CT molecular complexity index is 516. The highest BCUT2D eigenvalue weighted by atomic mass is 32.2. The van der Waals surface area contributed by atoms with Crippen LogP contribution in [0.3, 0.4) is 0 Å². The standard InChI is InChI=1S/C14H18N2OS2/c1-9-4-5-10(2)12(8-9)16-13(17)11(6-7-19-3)15-14(16)18/h4-5,8,11H,6-7H2,1-3H3,(H,15,18)/t11-/m0/s1. The fraction of sp³-hybridized carbons (Fsp3) is 0.429. The molecule has 1 fully saturated rings. The summed E-state index contributed by atoms with van der Waals surface area (Å²) in [6.07, 6.45) is 2.85. The Morgan fingerprint density at radius 3 is 2.84 bits per heavy atom. The minimum atomic E-state index is -0.181. The van der Waals surface area contributed by atoms with Gasteiger partial charge in [-0.15, -0.1) is 0 Å². The van der Waals surface area contributed by atoms with Crippen molar-refractivity contribution in [1.82, 2.24) is 5.32 Å². The molecule has 19 heavy (non-hydrogen) atoms. The van der Waals surface area contributed by atoms with Crippen molar-refractivity contribution < 1.29 is 4.79 Å². The predicted molar refractivity (Wildman–Crippen MR) is 85.9 cm³/mol. The maximum atomic E-state index is 12.5. The molecule has 0 spiro atoms. The van der Waals surface area contributed by atoms with E-state index in [1.807, 2.05) is 38.3 Å². The third-order valence-corrected chi connectivity index (χ3v) is 4.18. The van der Waals surface area contributed by atoms with E-state index in [9.17, 15) is 4.79 Å². The van der Waals surface area contributed by atoms with Gasteiger partial charge in [0.25, 0.3) is 5.91 Å². The van der Waals surface area contributed by atoms with Gasteiger partial charge in [-0.1, -0.05) is 12.1 Å². The van der Waals surface area contributed by atoms with Gasteiger partial charge in [-0.2, -0.15) is 11.8 Å². The molecule has 0 bridgehead atoms. The van der Waals surface area contributed by atoms with Crippen LogP contribution in [0.1, 0.15) is 17.5 Å². The van der Waals surface area contributed by atoms with E-state index < -0.39 is 0 Å². The van der Waals surface area contributed by atoms with Gasteiger partial charge in [-0.25, -0.2) is 0 Å². The van der Waals surface area contributed by atoms with Crippen molar-refractivity contribution in [2.75, 3.05) is 16.9 Å². The summed E-state index contributed by atoms with van der Waals surface area (Å²) < 4.78 is 0. The summed E-state index contributed by atoms with van der Waals surface area (Å²) in [7, 11) is 0. The Balaban J connectivity index is 2.27. The van der Waals surface area contributed by atoms with E-state index in [2.05, 4.69) is 5.32 Å². The van der Waals surface area contributed by atoms with Crippen LogP contribution in [-0.4, -0.2) is 29.1 Å². The second-order valence-corrected chi connectivity index (χ2v) is 6.12. The quantitative estimate of drug-likeness (QED) is 0.865. The van der Waals surface area contributed by atoms with E-state index in [0.29, 0.717) is 5.11 Å². The molecular weight excluding hydrogens is 276 g/mol. The van der Waals surface area contributed by atoms with Crippen LogP contribution in [0.4, 0.5) is 5.69 Å². The highest BCUT2D eigenvalue weighted by molar-refractivity contribution is 7.98. The summed E-state index contributed by atoms with van der Waals surface area (Å²) in [5.41, 5.74) is 3.09. The molecule has 1 aliphatic heterocycles. The highest BCUT2D eigenvalue weighted by Crippen LogP contribution is 2.26. The van der Waals surface area contributed by atoms with Crippen molar-refractivity contribution >= 4 is 40.7 Å². The average Bonchev–Trinajstić information content (AvgIpc) is 2.65. The first-order valence-corrected chi connectivity index (χ1v) is 8.05. The second kappa shape index (κ2) is 5.92. The molecule has 0 saturated carbocycles. The van der Waals surface area contributed by atoms with Gasteiger partial charge in [-0.05, 0) is 61.7 Å². The van der Waals surface area contributed by atoms with Gasteiger partial charge in [-0.3, -0.25) is 9.69 Å². The number of aryl methyl sites for hydroxylation is 2. The normalized spacial score (nSPS) is 18.9. The van der Waals surface area contributed by atoms with Crippen LogP contribution >= 0.6 is 24.0 Å². The van der Waals surface area contributed by atoms with E-state index in [1.54, 1.807) is 16.7 Å². The molecule has 3 nitrogen and oxygen atoms in total. The number of benzene rings is 1. The predicted octanol–water partition coefficient (Wildman–Crippen LogP) is 2.65. The van der Waals surface area contributed by atoms with Crippen LogP contribution < -0.4 is 10.2 Å². The number of thiocarbonyl (C=S) groups is 1. The lowest BCUT2D eigenvalue weighted by Crippen LogP contribution is -2.32. The van der Waals surface area contributed by atoms with Crippen LogP contribution in [-0.2, 0) is 4.79 Å². The summed E-state index contributed by atoms with van der Waals surface area (Å²) in [5.74, 6) is 1.01. The van der Waals surface area contributed by atoms with Crippen LogP contribution in [0.15, 0.2) is 18.2 Å². The zero-order valence-corrected chi connectivity index (χ0v) is 13.0. The minimum absolute atomic E-state index is 0.0627. The number of amides is 1. The SMILES string of the molecule is CSCC[C@@H]1NC(=S)N(c2cc(C)ccc2C)C1=O. The molecule has 1 aliphatic rings. The number of nitrogens with one attached hydrogen (secondary N) is 1. The van der Waals surface area contributed by atoms with Gasteiger partial charge in [0.05, 0.1) is 5.69 Å². The van der Waals surface area contributed by atoms with Gasteiger partial charge >= 0.3 is 0 Å². The molecule has 2 rings (SSSR count). The zero-order valence-electron chi connectivity index (χ0n) is 11.4.